The summed E-state index contributed by atoms with van der Waals surface area (Å²) in [5.74, 6) is -0.142. The van der Waals surface area contributed by atoms with Gasteiger partial charge in [0.25, 0.3) is 0 Å². The van der Waals surface area contributed by atoms with Gasteiger partial charge in [-0.2, -0.15) is 0 Å². The highest BCUT2D eigenvalue weighted by Crippen LogP contribution is 2.23. The number of aromatic nitrogens is 1. The average molecular weight is 382 g/mol. The van der Waals surface area contributed by atoms with Crippen LogP contribution in [0.4, 0.5) is 0 Å². The summed E-state index contributed by atoms with van der Waals surface area (Å²) >= 11 is 0. The van der Waals surface area contributed by atoms with Gasteiger partial charge in [-0.1, -0.05) is 63.1 Å². The van der Waals surface area contributed by atoms with E-state index in [1.54, 1.807) is 23.4 Å². The number of nitrogens with one attached hydrogen (secondary N) is 1. The Morgan fingerprint density at radius 2 is 1.79 bits per heavy atom. The van der Waals surface area contributed by atoms with Gasteiger partial charge in [0.05, 0.1) is 0 Å². The molecule has 0 aliphatic carbocycles. The summed E-state index contributed by atoms with van der Waals surface area (Å²) in [6, 6.07) is 12.8. The fourth-order valence-electron chi connectivity index (χ4n) is 3.09. The van der Waals surface area contributed by atoms with Crippen molar-refractivity contribution in [2.24, 2.45) is 0 Å². The molecule has 5 nitrogen and oxygen atoms in total. The maximum Gasteiger partial charge on any atom is 0.247 e. The SMILES string of the molecule is CCCCC(=O)N(CCCC)C(C(=O)NCc1ccccc1)c1cccnc1. The van der Waals surface area contributed by atoms with Crippen molar-refractivity contribution in [2.45, 2.75) is 58.5 Å². The third kappa shape index (κ3) is 6.48. The van der Waals surface area contributed by atoms with Gasteiger partial charge < -0.3 is 10.2 Å². The van der Waals surface area contributed by atoms with E-state index < -0.39 is 6.04 Å². The molecule has 0 spiro atoms. The third-order valence-corrected chi connectivity index (χ3v) is 4.69. The molecule has 1 heterocycles. The minimum absolute atomic E-state index is 0.0269. The first-order valence-corrected chi connectivity index (χ1v) is 10.2. The molecule has 28 heavy (non-hydrogen) atoms. The highest BCUT2D eigenvalue weighted by Gasteiger charge is 2.30. The lowest BCUT2D eigenvalue weighted by Crippen LogP contribution is -2.44. The van der Waals surface area contributed by atoms with Crippen LogP contribution in [0.2, 0.25) is 0 Å². The molecular formula is C23H31N3O2. The van der Waals surface area contributed by atoms with E-state index in [1.807, 2.05) is 36.4 Å². The molecule has 2 amide bonds. The van der Waals surface area contributed by atoms with Crippen molar-refractivity contribution in [1.29, 1.82) is 0 Å². The first-order valence-electron chi connectivity index (χ1n) is 10.2. The van der Waals surface area contributed by atoms with E-state index in [1.165, 1.54) is 0 Å². The molecule has 0 aliphatic rings. The predicted molar refractivity (Wildman–Crippen MR) is 111 cm³/mol. The first-order chi connectivity index (χ1) is 13.7. The van der Waals surface area contributed by atoms with Crippen LogP contribution in [-0.4, -0.2) is 28.2 Å². The summed E-state index contributed by atoms with van der Waals surface area (Å²) < 4.78 is 0. The van der Waals surface area contributed by atoms with Gasteiger partial charge in [-0.25, -0.2) is 0 Å². The zero-order valence-corrected chi connectivity index (χ0v) is 16.9. The Balaban J connectivity index is 2.24. The molecule has 150 valence electrons. The summed E-state index contributed by atoms with van der Waals surface area (Å²) in [5, 5.41) is 3.00. The summed E-state index contributed by atoms with van der Waals surface area (Å²) in [4.78, 5) is 32.0. The van der Waals surface area contributed by atoms with Crippen LogP contribution in [0.3, 0.4) is 0 Å². The van der Waals surface area contributed by atoms with Gasteiger partial charge >= 0.3 is 0 Å². The van der Waals surface area contributed by atoms with Gasteiger partial charge in [0, 0.05) is 37.5 Å². The number of carbonyl (C=O) groups excluding carboxylic acids is 2. The van der Waals surface area contributed by atoms with Crippen molar-refractivity contribution >= 4 is 11.8 Å². The van der Waals surface area contributed by atoms with Crippen LogP contribution in [0.25, 0.3) is 0 Å². The number of amides is 2. The van der Waals surface area contributed by atoms with Crippen molar-refractivity contribution in [1.82, 2.24) is 15.2 Å². The summed E-state index contributed by atoms with van der Waals surface area (Å²) in [7, 11) is 0. The van der Waals surface area contributed by atoms with Gasteiger partial charge in [-0.05, 0) is 24.5 Å². The van der Waals surface area contributed by atoms with Gasteiger partial charge in [-0.15, -0.1) is 0 Å². The monoisotopic (exact) mass is 381 g/mol. The lowest BCUT2D eigenvalue weighted by molar-refractivity contribution is -0.141. The van der Waals surface area contributed by atoms with Crippen molar-refractivity contribution in [3.63, 3.8) is 0 Å². The molecule has 2 aromatic rings. The Bertz CT molecular complexity index is 719. The van der Waals surface area contributed by atoms with Gasteiger partial charge in [0.2, 0.25) is 11.8 Å². The second-order valence-corrected chi connectivity index (χ2v) is 6.94. The Hall–Kier alpha value is -2.69. The van der Waals surface area contributed by atoms with Gasteiger partial charge in [0.1, 0.15) is 6.04 Å². The van der Waals surface area contributed by atoms with E-state index in [2.05, 4.69) is 24.1 Å². The van der Waals surface area contributed by atoms with Crippen molar-refractivity contribution in [3.05, 3.63) is 66.0 Å². The molecule has 1 aromatic heterocycles. The fourth-order valence-corrected chi connectivity index (χ4v) is 3.09. The Morgan fingerprint density at radius 1 is 1.04 bits per heavy atom. The summed E-state index contributed by atoms with van der Waals surface area (Å²) in [5.41, 5.74) is 1.77. The van der Waals surface area contributed by atoms with Crippen LogP contribution in [0, 0.1) is 0 Å². The normalized spacial score (nSPS) is 11.6. The molecular weight excluding hydrogens is 350 g/mol. The molecule has 0 saturated carbocycles. The molecule has 1 unspecified atom stereocenters. The second-order valence-electron chi connectivity index (χ2n) is 6.94. The minimum atomic E-state index is -0.659. The number of hydrogen-bond acceptors (Lipinski definition) is 3. The van der Waals surface area contributed by atoms with E-state index in [4.69, 9.17) is 0 Å². The fraction of sp³-hybridized carbons (Fsp3) is 0.435. The molecule has 0 saturated heterocycles. The number of hydrogen-bond donors (Lipinski definition) is 1. The number of unbranched alkanes of at least 4 members (excludes halogenated alkanes) is 2. The van der Waals surface area contributed by atoms with E-state index in [0.29, 0.717) is 19.5 Å². The molecule has 0 fully saturated rings. The van der Waals surface area contributed by atoms with E-state index in [9.17, 15) is 9.59 Å². The first kappa shape index (κ1) is 21.6. The molecule has 5 heteroatoms. The maximum atomic E-state index is 13.2. The number of benzene rings is 1. The van der Waals surface area contributed by atoms with Crippen LogP contribution in [0.15, 0.2) is 54.9 Å². The standard InChI is InChI=1S/C23H31N3O2/c1-3-5-14-21(27)26(16-6-4-2)22(20-13-10-15-24-18-20)23(28)25-17-19-11-8-7-9-12-19/h7-13,15,18,22H,3-6,14,16-17H2,1-2H3,(H,25,28). The largest absolute Gasteiger partial charge is 0.350 e. The topological polar surface area (TPSA) is 62.3 Å². The second kappa shape index (κ2) is 11.9. The molecule has 1 N–H and O–H groups in total. The lowest BCUT2D eigenvalue weighted by atomic mass is 10.0. The van der Waals surface area contributed by atoms with Gasteiger partial charge in [-0.3, -0.25) is 14.6 Å². The predicted octanol–water partition coefficient (Wildman–Crippen LogP) is 4.26. The van der Waals surface area contributed by atoms with E-state index in [0.717, 1.165) is 36.8 Å². The molecule has 0 aliphatic heterocycles. The van der Waals surface area contributed by atoms with E-state index in [-0.39, 0.29) is 11.8 Å². The maximum absolute atomic E-state index is 13.2. The van der Waals surface area contributed by atoms with Crippen molar-refractivity contribution < 1.29 is 9.59 Å². The Kier molecular flexibility index (Phi) is 9.19. The quantitative estimate of drug-likeness (QED) is 0.633. The molecule has 1 atom stereocenters. The highest BCUT2D eigenvalue weighted by molar-refractivity contribution is 5.88. The van der Waals surface area contributed by atoms with Crippen LogP contribution in [0.1, 0.15) is 63.1 Å². The molecule has 0 bridgehead atoms. The van der Waals surface area contributed by atoms with Crippen molar-refractivity contribution in [2.75, 3.05) is 6.54 Å². The van der Waals surface area contributed by atoms with Crippen molar-refractivity contribution in [3.8, 4) is 0 Å². The zero-order valence-electron chi connectivity index (χ0n) is 16.9. The molecule has 1 aromatic carbocycles. The highest BCUT2D eigenvalue weighted by atomic mass is 16.2. The van der Waals surface area contributed by atoms with Crippen LogP contribution in [-0.2, 0) is 16.1 Å². The number of pyridine rings is 1. The summed E-state index contributed by atoms with van der Waals surface area (Å²) in [6.07, 6.45) is 7.42. The lowest BCUT2D eigenvalue weighted by Gasteiger charge is -2.31. The van der Waals surface area contributed by atoms with Crippen LogP contribution < -0.4 is 5.32 Å². The number of carbonyl (C=O) groups is 2. The Labute approximate surface area is 168 Å². The summed E-state index contributed by atoms with van der Waals surface area (Å²) in [6.45, 7) is 5.15. The smallest absolute Gasteiger partial charge is 0.247 e. The van der Waals surface area contributed by atoms with Gasteiger partial charge in [0.15, 0.2) is 0 Å². The van der Waals surface area contributed by atoms with Crippen LogP contribution in [0.5, 0.6) is 0 Å². The van der Waals surface area contributed by atoms with Crippen LogP contribution >= 0.6 is 0 Å². The average Bonchev–Trinajstić information content (AvgIpc) is 2.74. The number of nitrogens with zero attached hydrogens (tertiary/aromatic N) is 2. The third-order valence-electron chi connectivity index (χ3n) is 4.69. The molecule has 0 radical (unpaired) electrons. The number of rotatable bonds is 11. The zero-order chi connectivity index (χ0) is 20.2. The van der Waals surface area contributed by atoms with E-state index >= 15 is 0 Å². The minimum Gasteiger partial charge on any atom is -0.350 e. The Morgan fingerprint density at radius 3 is 2.43 bits per heavy atom. The molecule has 2 rings (SSSR count).